The van der Waals surface area contributed by atoms with E-state index in [-0.39, 0.29) is 5.56 Å². The van der Waals surface area contributed by atoms with Crippen molar-refractivity contribution in [1.29, 1.82) is 0 Å². The number of halogens is 1. The predicted molar refractivity (Wildman–Crippen MR) is 66.1 cm³/mol. The van der Waals surface area contributed by atoms with Gasteiger partial charge in [0.05, 0.1) is 5.56 Å². The Morgan fingerprint density at radius 1 is 1.35 bits per heavy atom. The van der Waals surface area contributed by atoms with Crippen LogP contribution in [0.3, 0.4) is 0 Å². The van der Waals surface area contributed by atoms with Crippen molar-refractivity contribution >= 4 is 17.3 Å². The molecular formula is C13H11FO2S. The molecule has 17 heavy (non-hydrogen) atoms. The lowest BCUT2D eigenvalue weighted by molar-refractivity contribution is 0.0692. The van der Waals surface area contributed by atoms with E-state index in [0.29, 0.717) is 0 Å². The summed E-state index contributed by atoms with van der Waals surface area (Å²) in [6, 6.07) is 8.15. The van der Waals surface area contributed by atoms with Crippen molar-refractivity contribution in [3.63, 3.8) is 0 Å². The fraction of sp³-hybridized carbons (Fsp3) is 0.154. The second kappa shape index (κ2) is 4.67. The quantitative estimate of drug-likeness (QED) is 0.899. The van der Waals surface area contributed by atoms with Crippen molar-refractivity contribution in [2.24, 2.45) is 0 Å². The van der Waals surface area contributed by atoms with Crippen LogP contribution in [0.2, 0.25) is 0 Å². The minimum Gasteiger partial charge on any atom is -0.478 e. The van der Waals surface area contributed by atoms with Crippen molar-refractivity contribution < 1.29 is 14.3 Å². The first-order chi connectivity index (χ1) is 8.11. The van der Waals surface area contributed by atoms with Gasteiger partial charge in [-0.1, -0.05) is 13.0 Å². The number of thiophene rings is 1. The molecule has 0 spiro atoms. The van der Waals surface area contributed by atoms with Crippen molar-refractivity contribution in [2.45, 2.75) is 13.3 Å². The highest BCUT2D eigenvalue weighted by molar-refractivity contribution is 7.15. The third-order valence-electron chi connectivity index (χ3n) is 2.49. The standard InChI is InChI=1S/C13H11FO2S/c1-2-9-4-6-12(17-9)8-3-5-10(13(15)16)11(14)7-8/h3-7H,2H2,1H3,(H,15,16). The van der Waals surface area contributed by atoms with Crippen LogP contribution in [-0.2, 0) is 6.42 Å². The first-order valence-corrected chi connectivity index (χ1v) is 6.05. The molecule has 1 aromatic heterocycles. The van der Waals surface area contributed by atoms with E-state index < -0.39 is 11.8 Å². The molecule has 0 amide bonds. The molecule has 0 unspecified atom stereocenters. The van der Waals surface area contributed by atoms with E-state index in [1.807, 2.05) is 12.1 Å². The van der Waals surface area contributed by atoms with Crippen LogP contribution in [0.1, 0.15) is 22.2 Å². The maximum atomic E-state index is 13.5. The van der Waals surface area contributed by atoms with E-state index in [1.54, 1.807) is 17.4 Å². The molecule has 0 aliphatic rings. The molecule has 1 N–H and O–H groups in total. The van der Waals surface area contributed by atoms with Crippen LogP contribution in [0, 0.1) is 5.82 Å². The first kappa shape index (κ1) is 11.8. The van der Waals surface area contributed by atoms with Gasteiger partial charge in [0.15, 0.2) is 0 Å². The maximum absolute atomic E-state index is 13.5. The highest BCUT2D eigenvalue weighted by atomic mass is 32.1. The minimum absolute atomic E-state index is 0.291. The highest BCUT2D eigenvalue weighted by Crippen LogP contribution is 2.29. The van der Waals surface area contributed by atoms with Gasteiger partial charge in [0.1, 0.15) is 5.82 Å². The van der Waals surface area contributed by atoms with Crippen molar-refractivity contribution in [3.8, 4) is 10.4 Å². The lowest BCUT2D eigenvalue weighted by Crippen LogP contribution is -1.99. The van der Waals surface area contributed by atoms with Crippen LogP contribution in [0.25, 0.3) is 10.4 Å². The van der Waals surface area contributed by atoms with Gasteiger partial charge in [-0.05, 0) is 36.2 Å². The number of rotatable bonds is 3. The summed E-state index contributed by atoms with van der Waals surface area (Å²) in [5, 5.41) is 8.73. The van der Waals surface area contributed by atoms with E-state index in [0.717, 1.165) is 16.9 Å². The molecular weight excluding hydrogens is 239 g/mol. The molecule has 0 atom stereocenters. The van der Waals surface area contributed by atoms with Crippen LogP contribution in [0.4, 0.5) is 4.39 Å². The van der Waals surface area contributed by atoms with E-state index in [4.69, 9.17) is 5.11 Å². The van der Waals surface area contributed by atoms with Crippen LogP contribution in [-0.4, -0.2) is 11.1 Å². The Kier molecular flexibility index (Phi) is 3.24. The number of aryl methyl sites for hydroxylation is 1. The smallest absolute Gasteiger partial charge is 0.338 e. The fourth-order valence-electron chi connectivity index (χ4n) is 1.56. The molecule has 0 radical (unpaired) electrons. The average molecular weight is 250 g/mol. The Morgan fingerprint density at radius 3 is 2.65 bits per heavy atom. The molecule has 0 bridgehead atoms. The largest absolute Gasteiger partial charge is 0.478 e. The molecule has 0 aliphatic carbocycles. The van der Waals surface area contributed by atoms with E-state index in [9.17, 15) is 9.18 Å². The van der Waals surface area contributed by atoms with Gasteiger partial charge in [0.2, 0.25) is 0 Å². The number of carbonyl (C=O) groups is 1. The Bertz CT molecular complexity index is 560. The van der Waals surface area contributed by atoms with Gasteiger partial charge in [-0.3, -0.25) is 0 Å². The molecule has 2 rings (SSSR count). The molecule has 2 nitrogen and oxygen atoms in total. The first-order valence-electron chi connectivity index (χ1n) is 5.23. The summed E-state index contributed by atoms with van der Waals surface area (Å²) in [7, 11) is 0. The number of carboxylic acids is 1. The molecule has 0 saturated heterocycles. The summed E-state index contributed by atoms with van der Waals surface area (Å²) in [6.07, 6.45) is 0.945. The molecule has 4 heteroatoms. The molecule has 2 aromatic rings. The minimum atomic E-state index is -1.24. The fourth-order valence-corrected chi connectivity index (χ4v) is 2.51. The van der Waals surface area contributed by atoms with Crippen LogP contribution in [0.15, 0.2) is 30.3 Å². The molecule has 1 aromatic carbocycles. The molecule has 1 heterocycles. The van der Waals surface area contributed by atoms with Gasteiger partial charge in [0.25, 0.3) is 0 Å². The predicted octanol–water partition coefficient (Wildman–Crippen LogP) is 3.81. The number of hydrogen-bond acceptors (Lipinski definition) is 2. The Labute approximate surface area is 102 Å². The zero-order valence-electron chi connectivity index (χ0n) is 9.24. The van der Waals surface area contributed by atoms with Gasteiger partial charge in [-0.25, -0.2) is 9.18 Å². The van der Waals surface area contributed by atoms with Crippen molar-refractivity contribution in [2.75, 3.05) is 0 Å². The summed E-state index contributed by atoms with van der Waals surface area (Å²) in [5.74, 6) is -1.93. The topological polar surface area (TPSA) is 37.3 Å². The number of benzene rings is 1. The lowest BCUT2D eigenvalue weighted by atomic mass is 10.1. The Hall–Kier alpha value is -1.68. The summed E-state index contributed by atoms with van der Waals surface area (Å²) < 4.78 is 13.5. The van der Waals surface area contributed by atoms with Gasteiger partial charge in [0, 0.05) is 9.75 Å². The number of carboxylic acid groups (broad SMARTS) is 1. The Balaban J connectivity index is 2.40. The zero-order valence-corrected chi connectivity index (χ0v) is 10.1. The van der Waals surface area contributed by atoms with E-state index in [2.05, 4.69) is 6.92 Å². The number of hydrogen-bond donors (Lipinski definition) is 1. The SMILES string of the molecule is CCc1ccc(-c2ccc(C(=O)O)c(F)c2)s1. The van der Waals surface area contributed by atoms with Crippen molar-refractivity contribution in [3.05, 3.63) is 46.6 Å². The maximum Gasteiger partial charge on any atom is 0.338 e. The van der Waals surface area contributed by atoms with Crippen molar-refractivity contribution in [1.82, 2.24) is 0 Å². The summed E-state index contributed by atoms with van der Waals surface area (Å²) in [6.45, 7) is 2.06. The zero-order chi connectivity index (χ0) is 12.4. The monoisotopic (exact) mass is 250 g/mol. The Morgan fingerprint density at radius 2 is 2.12 bits per heavy atom. The molecule has 0 aliphatic heterocycles. The van der Waals surface area contributed by atoms with Gasteiger partial charge in [-0.2, -0.15) is 0 Å². The van der Waals surface area contributed by atoms with Gasteiger partial charge < -0.3 is 5.11 Å². The molecule has 0 saturated carbocycles. The second-order valence-electron chi connectivity index (χ2n) is 3.62. The lowest BCUT2D eigenvalue weighted by Gasteiger charge is -2.01. The van der Waals surface area contributed by atoms with E-state index >= 15 is 0 Å². The van der Waals surface area contributed by atoms with Crippen LogP contribution in [0.5, 0.6) is 0 Å². The average Bonchev–Trinajstić information content (AvgIpc) is 2.76. The number of aromatic carboxylic acids is 1. The van der Waals surface area contributed by atoms with Crippen LogP contribution < -0.4 is 0 Å². The molecule has 0 fully saturated rings. The summed E-state index contributed by atoms with van der Waals surface area (Å²) in [5.41, 5.74) is 0.429. The summed E-state index contributed by atoms with van der Waals surface area (Å²) >= 11 is 1.59. The van der Waals surface area contributed by atoms with E-state index in [1.165, 1.54) is 17.0 Å². The second-order valence-corrected chi connectivity index (χ2v) is 4.79. The molecule has 88 valence electrons. The third-order valence-corrected chi connectivity index (χ3v) is 3.77. The van der Waals surface area contributed by atoms with Gasteiger partial charge >= 0.3 is 5.97 Å². The third kappa shape index (κ3) is 2.36. The van der Waals surface area contributed by atoms with Crippen LogP contribution >= 0.6 is 11.3 Å². The van der Waals surface area contributed by atoms with Gasteiger partial charge in [-0.15, -0.1) is 11.3 Å². The summed E-state index contributed by atoms with van der Waals surface area (Å²) in [4.78, 5) is 12.9. The highest BCUT2D eigenvalue weighted by Gasteiger charge is 2.11. The normalized spacial score (nSPS) is 10.5.